The lowest BCUT2D eigenvalue weighted by atomic mass is 10.1. The van der Waals surface area contributed by atoms with Crippen molar-refractivity contribution in [2.75, 3.05) is 26.2 Å². The molecule has 0 aliphatic carbocycles. The summed E-state index contributed by atoms with van der Waals surface area (Å²) in [6.45, 7) is 5.97. The second kappa shape index (κ2) is 7.81. The summed E-state index contributed by atoms with van der Waals surface area (Å²) in [6.07, 6.45) is 1.19. The second-order valence-corrected chi connectivity index (χ2v) is 7.30. The van der Waals surface area contributed by atoms with Crippen LogP contribution in [0.15, 0.2) is 24.3 Å². The van der Waals surface area contributed by atoms with Gasteiger partial charge in [-0.05, 0) is 31.0 Å². The molecule has 1 fully saturated rings. The van der Waals surface area contributed by atoms with Crippen LogP contribution in [0.3, 0.4) is 0 Å². The molecule has 0 radical (unpaired) electrons. The van der Waals surface area contributed by atoms with Crippen molar-refractivity contribution in [3.63, 3.8) is 0 Å². The predicted molar refractivity (Wildman–Crippen MR) is 91.2 cm³/mol. The first-order valence-corrected chi connectivity index (χ1v) is 8.95. The van der Waals surface area contributed by atoms with Gasteiger partial charge in [-0.25, -0.2) is 4.39 Å². The minimum Gasteiger partial charge on any atom is -0.341 e. The first-order chi connectivity index (χ1) is 11.6. The quantitative estimate of drug-likeness (QED) is 0.850. The summed E-state index contributed by atoms with van der Waals surface area (Å²) < 4.78 is 13.2. The highest BCUT2D eigenvalue weighted by Crippen LogP contribution is 2.14. The van der Waals surface area contributed by atoms with Gasteiger partial charge in [0.05, 0.1) is 13.0 Å². The van der Waals surface area contributed by atoms with E-state index < -0.39 is 0 Å². The summed E-state index contributed by atoms with van der Waals surface area (Å²) in [5.41, 5.74) is 0.727. The molecule has 0 N–H and O–H groups in total. The predicted octanol–water partition coefficient (Wildman–Crippen LogP) is 2.26. The fourth-order valence-electron chi connectivity index (χ4n) is 2.90. The Kier molecular flexibility index (Phi) is 5.52. The maximum absolute atomic E-state index is 13.2. The molecule has 3 rings (SSSR count). The highest BCUT2D eigenvalue weighted by molar-refractivity contribution is 7.11. The minimum atomic E-state index is -0.297. The third kappa shape index (κ3) is 4.58. The van der Waals surface area contributed by atoms with Crippen molar-refractivity contribution in [1.29, 1.82) is 0 Å². The van der Waals surface area contributed by atoms with Crippen LogP contribution in [0.2, 0.25) is 0 Å². The van der Waals surface area contributed by atoms with Crippen LogP contribution in [0.5, 0.6) is 0 Å². The first kappa shape index (κ1) is 17.0. The molecule has 0 spiro atoms. The molecule has 1 aliphatic rings. The molecule has 0 saturated carbocycles. The topological polar surface area (TPSA) is 49.3 Å². The van der Waals surface area contributed by atoms with Crippen molar-refractivity contribution in [3.05, 3.63) is 45.7 Å². The summed E-state index contributed by atoms with van der Waals surface area (Å²) in [5.74, 6) is -0.232. The summed E-state index contributed by atoms with van der Waals surface area (Å²) in [5, 5.41) is 10.2. The number of benzene rings is 1. The minimum absolute atomic E-state index is 0.0641. The molecule has 2 heterocycles. The van der Waals surface area contributed by atoms with Gasteiger partial charge in [-0.1, -0.05) is 12.1 Å². The van der Waals surface area contributed by atoms with E-state index in [4.69, 9.17) is 0 Å². The van der Waals surface area contributed by atoms with Gasteiger partial charge in [-0.3, -0.25) is 9.69 Å². The smallest absolute Gasteiger partial charge is 0.227 e. The molecule has 0 atom stereocenters. The fraction of sp³-hybridized carbons (Fsp3) is 0.471. The highest BCUT2D eigenvalue weighted by Gasteiger charge is 2.20. The number of hydrogen-bond acceptors (Lipinski definition) is 5. The monoisotopic (exact) mass is 348 g/mol. The second-order valence-electron chi connectivity index (χ2n) is 6.03. The molecule has 1 amide bonds. The normalized spacial score (nSPS) is 16.2. The highest BCUT2D eigenvalue weighted by atomic mass is 32.1. The largest absolute Gasteiger partial charge is 0.341 e. The van der Waals surface area contributed by atoms with Gasteiger partial charge in [0.25, 0.3) is 0 Å². The lowest BCUT2D eigenvalue weighted by Crippen LogP contribution is -2.36. The van der Waals surface area contributed by atoms with Gasteiger partial charge in [0.2, 0.25) is 5.91 Å². The number of rotatable bonds is 4. The molecule has 24 heavy (non-hydrogen) atoms. The molecule has 1 aromatic carbocycles. The standard InChI is InChI=1S/C17H21FN4OS/c1-13-19-20-16(24-13)12-21-6-3-7-22(9-8-21)17(23)11-14-4-2-5-15(18)10-14/h2,4-5,10H,3,6-9,11-12H2,1H3. The van der Waals surface area contributed by atoms with Gasteiger partial charge in [0.1, 0.15) is 15.8 Å². The van der Waals surface area contributed by atoms with E-state index in [0.717, 1.165) is 48.2 Å². The Morgan fingerprint density at radius 2 is 2.12 bits per heavy atom. The average molecular weight is 348 g/mol. The molecular formula is C17H21FN4OS. The Balaban J connectivity index is 1.53. The number of nitrogens with zero attached hydrogens (tertiary/aromatic N) is 4. The number of halogens is 1. The fourth-order valence-corrected chi connectivity index (χ4v) is 3.66. The zero-order chi connectivity index (χ0) is 16.9. The maximum atomic E-state index is 13.2. The van der Waals surface area contributed by atoms with Gasteiger partial charge < -0.3 is 4.90 Å². The summed E-state index contributed by atoms with van der Waals surface area (Å²) in [7, 11) is 0. The first-order valence-electron chi connectivity index (χ1n) is 8.14. The van der Waals surface area contributed by atoms with Crippen LogP contribution in [-0.4, -0.2) is 52.1 Å². The van der Waals surface area contributed by atoms with Crippen LogP contribution < -0.4 is 0 Å². The molecule has 0 unspecified atom stereocenters. The van der Waals surface area contributed by atoms with Crippen LogP contribution in [0.4, 0.5) is 4.39 Å². The van der Waals surface area contributed by atoms with Gasteiger partial charge in [0.15, 0.2) is 0 Å². The van der Waals surface area contributed by atoms with Crippen molar-refractivity contribution in [2.45, 2.75) is 26.3 Å². The van der Waals surface area contributed by atoms with Crippen LogP contribution in [-0.2, 0) is 17.8 Å². The van der Waals surface area contributed by atoms with Crippen molar-refractivity contribution >= 4 is 17.2 Å². The molecule has 5 nitrogen and oxygen atoms in total. The average Bonchev–Trinajstić information content (AvgIpc) is 2.81. The van der Waals surface area contributed by atoms with Crippen molar-refractivity contribution < 1.29 is 9.18 Å². The number of aryl methyl sites for hydroxylation is 1. The van der Waals surface area contributed by atoms with E-state index in [1.165, 1.54) is 12.1 Å². The summed E-state index contributed by atoms with van der Waals surface area (Å²) >= 11 is 1.62. The summed E-state index contributed by atoms with van der Waals surface area (Å²) in [6, 6.07) is 6.27. The number of carbonyl (C=O) groups excluding carboxylic acids is 1. The SMILES string of the molecule is Cc1nnc(CN2CCCN(C(=O)Cc3cccc(F)c3)CC2)s1. The number of amides is 1. The Morgan fingerprint density at radius 3 is 2.88 bits per heavy atom. The third-order valence-electron chi connectivity index (χ3n) is 4.11. The molecule has 1 saturated heterocycles. The number of hydrogen-bond donors (Lipinski definition) is 0. The van der Waals surface area contributed by atoms with E-state index >= 15 is 0 Å². The molecule has 1 aromatic heterocycles. The molecular weight excluding hydrogens is 327 g/mol. The van der Waals surface area contributed by atoms with E-state index in [-0.39, 0.29) is 18.1 Å². The zero-order valence-electron chi connectivity index (χ0n) is 13.7. The molecule has 0 bridgehead atoms. The molecule has 128 valence electrons. The Bertz CT molecular complexity index is 705. The van der Waals surface area contributed by atoms with Crippen molar-refractivity contribution in [1.82, 2.24) is 20.0 Å². The van der Waals surface area contributed by atoms with Crippen molar-refractivity contribution in [3.8, 4) is 0 Å². The lowest BCUT2D eigenvalue weighted by molar-refractivity contribution is -0.130. The van der Waals surface area contributed by atoms with E-state index in [1.807, 2.05) is 11.8 Å². The van der Waals surface area contributed by atoms with E-state index in [2.05, 4.69) is 15.1 Å². The van der Waals surface area contributed by atoms with Gasteiger partial charge in [-0.15, -0.1) is 21.5 Å². The molecule has 7 heteroatoms. The van der Waals surface area contributed by atoms with E-state index in [1.54, 1.807) is 23.5 Å². The van der Waals surface area contributed by atoms with Gasteiger partial charge >= 0.3 is 0 Å². The van der Waals surface area contributed by atoms with E-state index in [0.29, 0.717) is 6.54 Å². The number of aromatic nitrogens is 2. The van der Waals surface area contributed by atoms with Crippen LogP contribution in [0.25, 0.3) is 0 Å². The van der Waals surface area contributed by atoms with Crippen LogP contribution in [0.1, 0.15) is 22.0 Å². The molecule has 1 aliphatic heterocycles. The van der Waals surface area contributed by atoms with Crippen molar-refractivity contribution in [2.24, 2.45) is 0 Å². The lowest BCUT2D eigenvalue weighted by Gasteiger charge is -2.21. The maximum Gasteiger partial charge on any atom is 0.227 e. The summed E-state index contributed by atoms with van der Waals surface area (Å²) in [4.78, 5) is 16.7. The third-order valence-corrected chi connectivity index (χ3v) is 4.94. The molecule has 2 aromatic rings. The zero-order valence-corrected chi connectivity index (χ0v) is 14.6. The van der Waals surface area contributed by atoms with Gasteiger partial charge in [0, 0.05) is 26.2 Å². The van der Waals surface area contributed by atoms with Crippen LogP contribution >= 0.6 is 11.3 Å². The van der Waals surface area contributed by atoms with Gasteiger partial charge in [-0.2, -0.15) is 0 Å². The Morgan fingerprint density at radius 1 is 1.25 bits per heavy atom. The van der Waals surface area contributed by atoms with E-state index in [9.17, 15) is 9.18 Å². The Labute approximate surface area is 145 Å². The van der Waals surface area contributed by atoms with Crippen LogP contribution in [0, 0.1) is 12.7 Å². The number of carbonyl (C=O) groups is 1. The Hall–Kier alpha value is -1.86.